The average molecular weight is 934 g/mol. The van der Waals surface area contributed by atoms with Crippen molar-refractivity contribution >= 4 is 57.2 Å². The van der Waals surface area contributed by atoms with Crippen molar-refractivity contribution in [2.75, 3.05) is 70.5 Å². The molecule has 352 valence electrons. The molecule has 2 atom stereocenters. The summed E-state index contributed by atoms with van der Waals surface area (Å²) in [4.78, 5) is 73.4. The molecule has 0 aliphatic carbocycles. The van der Waals surface area contributed by atoms with Gasteiger partial charge in [0.05, 0.1) is 49.9 Å². The quantitative estimate of drug-likeness (QED) is 0.0975. The number of carbonyl (C=O) groups excluding carboxylic acids is 4. The van der Waals surface area contributed by atoms with Crippen LogP contribution in [-0.4, -0.2) is 134 Å². The summed E-state index contributed by atoms with van der Waals surface area (Å²) in [7, 11) is 0.104. The molecule has 6 rings (SSSR count). The predicted octanol–water partition coefficient (Wildman–Crippen LogP) is 6.91. The van der Waals surface area contributed by atoms with Crippen LogP contribution in [0.25, 0.3) is 0 Å². The smallest absolute Gasteiger partial charge is 0.404 e. The molecule has 19 heteroatoms. The minimum atomic E-state index is -1.45. The molecule has 0 fully saturated rings. The van der Waals surface area contributed by atoms with Crippen LogP contribution >= 0.6 is 0 Å². The van der Waals surface area contributed by atoms with Gasteiger partial charge in [0.15, 0.2) is 23.0 Å². The number of hydrogen-bond donors (Lipinski definition) is 2. The molecule has 4 heterocycles. The van der Waals surface area contributed by atoms with Crippen LogP contribution in [0.1, 0.15) is 46.9 Å². The summed E-state index contributed by atoms with van der Waals surface area (Å²) >= 11 is 0. The van der Waals surface area contributed by atoms with Crippen molar-refractivity contribution in [2.24, 2.45) is 0 Å². The number of amides is 5. The molecule has 0 spiro atoms. The second-order valence-corrected chi connectivity index (χ2v) is 30.2. The SMILES string of the molecule is COc1cc2c(cc1OCCCOc1cc3c(cc1OC)C(=O)N1C=C(C=CCNC(=O)O)C[C@H]1C(=O)N3COCC[Si](C)(C)C)N(COCC[Si](C)(C)C)C(=O)[C@@H]1CC(C)=CN1C2=O. The number of nitrogens with zero attached hydrogens (tertiary/aromatic N) is 4. The van der Waals surface area contributed by atoms with Gasteiger partial charge in [0.25, 0.3) is 23.6 Å². The molecule has 0 aromatic heterocycles. The zero-order chi connectivity index (χ0) is 47.2. The van der Waals surface area contributed by atoms with Crippen molar-refractivity contribution in [3.63, 3.8) is 0 Å². The van der Waals surface area contributed by atoms with Gasteiger partial charge >= 0.3 is 6.09 Å². The zero-order valence-electron chi connectivity index (χ0n) is 39.0. The third-order valence-electron chi connectivity index (χ3n) is 11.4. The van der Waals surface area contributed by atoms with E-state index in [9.17, 15) is 24.0 Å². The highest BCUT2D eigenvalue weighted by molar-refractivity contribution is 6.76. The molecule has 17 nitrogen and oxygen atoms in total. The van der Waals surface area contributed by atoms with Crippen LogP contribution < -0.4 is 34.1 Å². The van der Waals surface area contributed by atoms with Crippen molar-refractivity contribution in [3.8, 4) is 23.0 Å². The van der Waals surface area contributed by atoms with E-state index in [2.05, 4.69) is 44.6 Å². The Balaban J connectivity index is 1.20. The third kappa shape index (κ3) is 11.8. The molecule has 5 amide bonds. The Kier molecular flexibility index (Phi) is 15.5. The Morgan fingerprint density at radius 2 is 1.18 bits per heavy atom. The molecule has 2 aromatic carbocycles. The molecule has 2 N–H and O–H groups in total. The number of ether oxygens (including phenoxy) is 6. The fourth-order valence-corrected chi connectivity index (χ4v) is 9.29. The largest absolute Gasteiger partial charge is 0.493 e. The molecule has 2 aromatic rings. The van der Waals surface area contributed by atoms with Crippen molar-refractivity contribution < 1.29 is 57.5 Å². The number of allylic oxidation sites excluding steroid dienone is 1. The predicted molar refractivity (Wildman–Crippen MR) is 251 cm³/mol. The number of rotatable bonds is 21. The maximum atomic E-state index is 14.3. The number of anilines is 2. The van der Waals surface area contributed by atoms with E-state index in [0.717, 1.165) is 17.7 Å². The van der Waals surface area contributed by atoms with Gasteiger partial charge in [-0.2, -0.15) is 0 Å². The van der Waals surface area contributed by atoms with Crippen LogP contribution in [0.5, 0.6) is 23.0 Å². The molecule has 65 heavy (non-hydrogen) atoms. The fraction of sp³-hybridized carbons (Fsp3) is 0.500. The second kappa shape index (κ2) is 20.7. The Labute approximate surface area is 382 Å². The van der Waals surface area contributed by atoms with E-state index < -0.39 is 40.2 Å². The van der Waals surface area contributed by atoms with E-state index in [1.807, 2.05) is 6.92 Å². The Hall–Kier alpha value is -5.64. The van der Waals surface area contributed by atoms with Gasteiger partial charge in [-0.25, -0.2) is 4.79 Å². The summed E-state index contributed by atoms with van der Waals surface area (Å²) < 4.78 is 36.1. The van der Waals surface area contributed by atoms with E-state index in [1.165, 1.54) is 33.8 Å². The highest BCUT2D eigenvalue weighted by Crippen LogP contribution is 2.42. The van der Waals surface area contributed by atoms with Gasteiger partial charge < -0.3 is 48.6 Å². The highest BCUT2D eigenvalue weighted by Gasteiger charge is 2.44. The van der Waals surface area contributed by atoms with Crippen molar-refractivity contribution in [2.45, 2.75) is 89.6 Å². The van der Waals surface area contributed by atoms with Crippen molar-refractivity contribution in [1.29, 1.82) is 0 Å². The molecular formula is C46H63N5O12Si2. The average Bonchev–Trinajstić information content (AvgIpc) is 3.83. The van der Waals surface area contributed by atoms with Crippen LogP contribution in [0.2, 0.25) is 51.4 Å². The Morgan fingerprint density at radius 1 is 0.708 bits per heavy atom. The number of hydrogen-bond acceptors (Lipinski definition) is 11. The standard InChI is InChI=1S/C46H63N5O12Si2/c1-30-20-36-44(54)50(28-60-16-18-64(4,5)6)34-24-40(38(58-2)22-32(34)42(52)48(36)26-30)62-14-11-15-63-41-25-35-33(23-39(41)59-3)43(53)49-27-31(12-10-13-47-46(56)57)21-37(49)45(55)51(35)29-61-17-19-65(7,8)9/h10,12,22-27,36-37,47H,11,13-21,28-29H2,1-9H3,(H,56,57)/t36-,37-/m0/s1. The Bertz CT molecular complexity index is 2250. The lowest BCUT2D eigenvalue weighted by molar-refractivity contribution is -0.123. The highest BCUT2D eigenvalue weighted by atomic mass is 28.3. The van der Waals surface area contributed by atoms with Gasteiger partial charge in [0.1, 0.15) is 25.5 Å². The molecule has 0 unspecified atom stereocenters. The number of fused-ring (bicyclic) bond motifs is 4. The molecular weight excluding hydrogens is 871 g/mol. The summed E-state index contributed by atoms with van der Waals surface area (Å²) in [6, 6.07) is 6.74. The fourth-order valence-electron chi connectivity index (χ4n) is 7.77. The lowest BCUT2D eigenvalue weighted by atomic mass is 10.1. The van der Waals surface area contributed by atoms with Gasteiger partial charge in [-0.3, -0.25) is 29.0 Å². The molecule has 0 saturated carbocycles. The summed E-state index contributed by atoms with van der Waals surface area (Å²) in [5.74, 6) is -0.0391. The lowest BCUT2D eigenvalue weighted by Gasteiger charge is -2.27. The summed E-state index contributed by atoms with van der Waals surface area (Å²) in [6.45, 7) is 16.6. The first kappa shape index (κ1) is 48.8. The first-order chi connectivity index (χ1) is 30.8. The number of nitrogens with one attached hydrogen (secondary N) is 1. The maximum absolute atomic E-state index is 14.3. The summed E-state index contributed by atoms with van der Waals surface area (Å²) in [6.07, 6.45) is 6.57. The minimum absolute atomic E-state index is 0.0176. The maximum Gasteiger partial charge on any atom is 0.404 e. The monoisotopic (exact) mass is 933 g/mol. The number of benzene rings is 2. The molecule has 0 radical (unpaired) electrons. The minimum Gasteiger partial charge on any atom is -0.493 e. The molecule has 0 saturated heterocycles. The molecule has 0 bridgehead atoms. The lowest BCUT2D eigenvalue weighted by Crippen LogP contribution is -2.45. The number of methoxy groups -OCH3 is 2. The summed E-state index contributed by atoms with van der Waals surface area (Å²) in [5, 5.41) is 11.2. The van der Waals surface area contributed by atoms with Crippen LogP contribution in [0, 0.1) is 0 Å². The van der Waals surface area contributed by atoms with Gasteiger partial charge in [-0.15, -0.1) is 0 Å². The van der Waals surface area contributed by atoms with Crippen LogP contribution in [-0.2, 0) is 19.1 Å². The topological polar surface area (TPSA) is 186 Å². The summed E-state index contributed by atoms with van der Waals surface area (Å²) in [5.41, 5.74) is 2.86. The van der Waals surface area contributed by atoms with Crippen molar-refractivity contribution in [1.82, 2.24) is 15.1 Å². The number of carbonyl (C=O) groups is 5. The van der Waals surface area contributed by atoms with Gasteiger partial charge in [-0.05, 0) is 43.1 Å². The van der Waals surface area contributed by atoms with E-state index in [4.69, 9.17) is 33.5 Å². The Morgan fingerprint density at radius 3 is 1.65 bits per heavy atom. The third-order valence-corrected chi connectivity index (χ3v) is 14.8. The van der Waals surface area contributed by atoms with Crippen LogP contribution in [0.4, 0.5) is 16.2 Å². The van der Waals surface area contributed by atoms with Gasteiger partial charge in [0.2, 0.25) is 0 Å². The van der Waals surface area contributed by atoms with E-state index in [-0.39, 0.29) is 68.7 Å². The first-order valence-corrected chi connectivity index (χ1v) is 29.4. The first-order valence-electron chi connectivity index (χ1n) is 21.9. The van der Waals surface area contributed by atoms with E-state index >= 15 is 0 Å². The normalized spacial score (nSPS) is 18.5. The zero-order valence-corrected chi connectivity index (χ0v) is 41.0. The second-order valence-electron chi connectivity index (χ2n) is 19.0. The molecule has 4 aliphatic rings. The molecule has 4 aliphatic heterocycles. The van der Waals surface area contributed by atoms with Crippen molar-refractivity contribution in [3.05, 3.63) is 71.1 Å². The van der Waals surface area contributed by atoms with Crippen LogP contribution in [0.3, 0.4) is 0 Å². The van der Waals surface area contributed by atoms with E-state index in [0.29, 0.717) is 65.8 Å². The number of carboxylic acid groups (broad SMARTS) is 1. The van der Waals surface area contributed by atoms with Gasteiger partial charge in [-0.1, -0.05) is 57.0 Å². The van der Waals surface area contributed by atoms with Gasteiger partial charge in [0, 0.05) is 73.3 Å². The van der Waals surface area contributed by atoms with E-state index in [1.54, 1.807) is 48.8 Å². The van der Waals surface area contributed by atoms with Crippen LogP contribution in [0.15, 0.2) is 60.0 Å².